The van der Waals surface area contributed by atoms with Crippen LogP contribution < -0.4 is 0 Å². The highest BCUT2D eigenvalue weighted by Crippen LogP contribution is 2.06. The molecule has 0 fully saturated rings. The molecule has 3 heteroatoms. The lowest BCUT2D eigenvalue weighted by atomic mass is 10.1. The number of carbonyl (C=O) groups is 1. The fraction of sp³-hybridized carbons (Fsp3) is 0.182. The lowest BCUT2D eigenvalue weighted by Gasteiger charge is -1.99. The van der Waals surface area contributed by atoms with Gasteiger partial charge in [-0.15, -0.1) is 0 Å². The highest BCUT2D eigenvalue weighted by Gasteiger charge is 2.08. The van der Waals surface area contributed by atoms with E-state index in [4.69, 9.17) is 5.11 Å². The maximum Gasteiger partial charge on any atom is 0.189 e. The van der Waals surface area contributed by atoms with Crippen molar-refractivity contribution < 1.29 is 14.3 Å². The van der Waals surface area contributed by atoms with Crippen molar-refractivity contribution in [2.24, 2.45) is 0 Å². The fourth-order valence-electron chi connectivity index (χ4n) is 0.935. The van der Waals surface area contributed by atoms with Crippen LogP contribution in [0.5, 0.6) is 0 Å². The SMILES string of the molecule is CC(F)/C(O)=C/C(=O)c1ccccc1. The van der Waals surface area contributed by atoms with E-state index in [0.717, 1.165) is 6.08 Å². The molecule has 0 saturated heterocycles. The minimum absolute atomic E-state index is 0.396. The molecule has 1 unspecified atom stereocenters. The molecule has 1 rings (SSSR count). The average Bonchev–Trinajstić information content (AvgIpc) is 2.19. The molecule has 0 aliphatic heterocycles. The van der Waals surface area contributed by atoms with E-state index in [1.807, 2.05) is 0 Å². The van der Waals surface area contributed by atoms with E-state index in [9.17, 15) is 9.18 Å². The zero-order chi connectivity index (χ0) is 10.6. The van der Waals surface area contributed by atoms with E-state index in [1.165, 1.54) is 6.92 Å². The summed E-state index contributed by atoms with van der Waals surface area (Å²) in [4.78, 5) is 11.4. The Balaban J connectivity index is 2.83. The molecule has 1 aromatic rings. The molecular weight excluding hydrogens is 183 g/mol. The van der Waals surface area contributed by atoms with Gasteiger partial charge in [0, 0.05) is 11.6 Å². The van der Waals surface area contributed by atoms with Crippen molar-refractivity contribution in [3.05, 3.63) is 47.7 Å². The molecule has 0 aliphatic carbocycles. The summed E-state index contributed by atoms with van der Waals surface area (Å²) in [6, 6.07) is 8.40. The summed E-state index contributed by atoms with van der Waals surface area (Å²) >= 11 is 0. The number of halogens is 1. The summed E-state index contributed by atoms with van der Waals surface area (Å²) in [6.45, 7) is 1.17. The third-order valence-electron chi connectivity index (χ3n) is 1.74. The predicted octanol–water partition coefficient (Wildman–Crippen LogP) is 2.67. The van der Waals surface area contributed by atoms with Gasteiger partial charge in [-0.1, -0.05) is 30.3 Å². The van der Waals surface area contributed by atoms with Crippen molar-refractivity contribution in [2.75, 3.05) is 0 Å². The van der Waals surface area contributed by atoms with Crippen LogP contribution in [-0.2, 0) is 0 Å². The van der Waals surface area contributed by atoms with Gasteiger partial charge in [0.25, 0.3) is 0 Å². The molecule has 2 nitrogen and oxygen atoms in total. The summed E-state index contributed by atoms with van der Waals surface area (Å²) in [5.41, 5.74) is 0.430. The maximum absolute atomic E-state index is 12.5. The minimum atomic E-state index is -1.51. The van der Waals surface area contributed by atoms with Crippen molar-refractivity contribution in [3.63, 3.8) is 0 Å². The number of ketones is 1. The standard InChI is InChI=1S/C11H11FO2/c1-8(12)10(13)7-11(14)9-5-3-2-4-6-9/h2-8,13H,1H3/b10-7-. The zero-order valence-electron chi connectivity index (χ0n) is 7.77. The molecule has 74 valence electrons. The van der Waals surface area contributed by atoms with Crippen molar-refractivity contribution in [2.45, 2.75) is 13.1 Å². The monoisotopic (exact) mass is 194 g/mol. The van der Waals surface area contributed by atoms with E-state index in [0.29, 0.717) is 5.56 Å². The van der Waals surface area contributed by atoms with E-state index in [1.54, 1.807) is 30.3 Å². The van der Waals surface area contributed by atoms with Crippen LogP contribution in [0, 0.1) is 0 Å². The van der Waals surface area contributed by atoms with Gasteiger partial charge in [0.15, 0.2) is 12.0 Å². The van der Waals surface area contributed by atoms with Gasteiger partial charge in [-0.3, -0.25) is 4.79 Å². The first-order chi connectivity index (χ1) is 6.61. The average molecular weight is 194 g/mol. The largest absolute Gasteiger partial charge is 0.509 e. The highest BCUT2D eigenvalue weighted by molar-refractivity contribution is 6.04. The zero-order valence-corrected chi connectivity index (χ0v) is 7.77. The summed E-state index contributed by atoms with van der Waals surface area (Å²) < 4.78 is 12.5. The number of rotatable bonds is 3. The summed E-state index contributed by atoms with van der Waals surface area (Å²) in [7, 11) is 0. The van der Waals surface area contributed by atoms with Crippen molar-refractivity contribution in [1.29, 1.82) is 0 Å². The topological polar surface area (TPSA) is 37.3 Å². The first-order valence-electron chi connectivity index (χ1n) is 4.25. The first-order valence-corrected chi connectivity index (χ1v) is 4.25. The van der Waals surface area contributed by atoms with Crippen LogP contribution in [0.1, 0.15) is 17.3 Å². The van der Waals surface area contributed by atoms with Gasteiger partial charge in [-0.25, -0.2) is 4.39 Å². The Morgan fingerprint density at radius 2 is 2.00 bits per heavy atom. The van der Waals surface area contributed by atoms with Crippen LogP contribution in [0.15, 0.2) is 42.2 Å². The van der Waals surface area contributed by atoms with Gasteiger partial charge in [0.2, 0.25) is 0 Å². The van der Waals surface area contributed by atoms with Gasteiger partial charge in [0.05, 0.1) is 0 Å². The molecule has 0 radical (unpaired) electrons. The van der Waals surface area contributed by atoms with Gasteiger partial charge < -0.3 is 5.11 Å². The highest BCUT2D eigenvalue weighted by atomic mass is 19.1. The van der Waals surface area contributed by atoms with E-state index in [-0.39, 0.29) is 0 Å². The Hall–Kier alpha value is -1.64. The number of aliphatic hydroxyl groups excluding tert-OH is 1. The molecule has 1 N–H and O–H groups in total. The molecule has 0 saturated carbocycles. The summed E-state index contributed by atoms with van der Waals surface area (Å²) in [5, 5.41) is 9.02. The van der Waals surface area contributed by atoms with Crippen molar-refractivity contribution in [1.82, 2.24) is 0 Å². The van der Waals surface area contributed by atoms with Crippen LogP contribution in [0.2, 0.25) is 0 Å². The molecule has 0 spiro atoms. The van der Waals surface area contributed by atoms with E-state index < -0.39 is 17.7 Å². The third kappa shape index (κ3) is 2.69. The van der Waals surface area contributed by atoms with Gasteiger partial charge in [-0.2, -0.15) is 0 Å². The Kier molecular flexibility index (Phi) is 3.40. The van der Waals surface area contributed by atoms with Crippen LogP contribution in [0.4, 0.5) is 4.39 Å². The number of hydrogen-bond acceptors (Lipinski definition) is 2. The quantitative estimate of drug-likeness (QED) is 0.456. The second kappa shape index (κ2) is 4.56. The Bertz CT molecular complexity index is 342. The third-order valence-corrected chi connectivity index (χ3v) is 1.74. The van der Waals surface area contributed by atoms with Crippen molar-refractivity contribution >= 4 is 5.78 Å². The Morgan fingerprint density at radius 1 is 1.43 bits per heavy atom. The number of hydrogen-bond donors (Lipinski definition) is 1. The van der Waals surface area contributed by atoms with Gasteiger partial charge >= 0.3 is 0 Å². The van der Waals surface area contributed by atoms with E-state index in [2.05, 4.69) is 0 Å². The first kappa shape index (κ1) is 10.4. The lowest BCUT2D eigenvalue weighted by molar-refractivity contribution is 0.104. The summed E-state index contributed by atoms with van der Waals surface area (Å²) in [6.07, 6.45) is -0.609. The second-order valence-electron chi connectivity index (χ2n) is 2.92. The fourth-order valence-corrected chi connectivity index (χ4v) is 0.935. The summed E-state index contributed by atoms with van der Waals surface area (Å²) in [5.74, 6) is -0.938. The molecule has 0 aromatic heterocycles. The molecule has 0 aliphatic rings. The van der Waals surface area contributed by atoms with Gasteiger partial charge in [0.1, 0.15) is 5.76 Å². The van der Waals surface area contributed by atoms with Crippen LogP contribution in [0.3, 0.4) is 0 Å². The van der Waals surface area contributed by atoms with Crippen LogP contribution in [0.25, 0.3) is 0 Å². The van der Waals surface area contributed by atoms with Gasteiger partial charge in [-0.05, 0) is 6.92 Å². The molecule has 0 heterocycles. The Labute approximate surface area is 81.7 Å². The number of aliphatic hydroxyl groups is 1. The lowest BCUT2D eigenvalue weighted by Crippen LogP contribution is -2.02. The van der Waals surface area contributed by atoms with Crippen LogP contribution >= 0.6 is 0 Å². The smallest absolute Gasteiger partial charge is 0.189 e. The maximum atomic E-state index is 12.5. The molecular formula is C11H11FO2. The van der Waals surface area contributed by atoms with E-state index >= 15 is 0 Å². The molecule has 0 amide bonds. The predicted molar refractivity (Wildman–Crippen MR) is 52.1 cm³/mol. The molecule has 14 heavy (non-hydrogen) atoms. The number of allylic oxidation sites excluding steroid dienone is 2. The molecule has 0 bridgehead atoms. The normalized spacial score (nSPS) is 13.7. The molecule has 1 atom stereocenters. The molecule has 1 aromatic carbocycles. The van der Waals surface area contributed by atoms with Crippen LogP contribution in [-0.4, -0.2) is 17.1 Å². The minimum Gasteiger partial charge on any atom is -0.509 e. The van der Waals surface area contributed by atoms with Crippen molar-refractivity contribution in [3.8, 4) is 0 Å². The number of carbonyl (C=O) groups excluding carboxylic acids is 1. The number of alkyl halides is 1. The second-order valence-corrected chi connectivity index (χ2v) is 2.92. The number of benzene rings is 1. The Morgan fingerprint density at radius 3 is 2.50 bits per heavy atom.